The number of nitrogens with two attached hydrogens (primary N) is 1. The van der Waals surface area contributed by atoms with Crippen molar-refractivity contribution in [3.8, 4) is 5.88 Å². The normalized spacial score (nSPS) is 9.92. The summed E-state index contributed by atoms with van der Waals surface area (Å²) in [5.74, 6) is 0.686. The van der Waals surface area contributed by atoms with Crippen LogP contribution >= 0.6 is 0 Å². The molecule has 0 saturated heterocycles. The van der Waals surface area contributed by atoms with Gasteiger partial charge in [-0.25, -0.2) is 4.98 Å². The van der Waals surface area contributed by atoms with Gasteiger partial charge in [0.15, 0.2) is 0 Å². The van der Waals surface area contributed by atoms with Gasteiger partial charge in [0.05, 0.1) is 0 Å². The molecular weight excluding hydrogens is 152 g/mol. The highest BCUT2D eigenvalue weighted by Crippen LogP contribution is 2.14. The molecule has 0 aliphatic carbocycles. The lowest BCUT2D eigenvalue weighted by Crippen LogP contribution is -2.11. The van der Waals surface area contributed by atoms with Crippen LogP contribution in [0.25, 0.3) is 0 Å². The molecule has 0 atom stereocenters. The Morgan fingerprint density at radius 1 is 1.50 bits per heavy atom. The van der Waals surface area contributed by atoms with Crippen LogP contribution in [0.3, 0.4) is 0 Å². The Morgan fingerprint density at radius 2 is 2.25 bits per heavy atom. The van der Waals surface area contributed by atoms with Gasteiger partial charge in [0.1, 0.15) is 6.61 Å². The monoisotopic (exact) mass is 166 g/mol. The summed E-state index contributed by atoms with van der Waals surface area (Å²) >= 11 is 0. The Morgan fingerprint density at radius 3 is 2.83 bits per heavy atom. The van der Waals surface area contributed by atoms with Gasteiger partial charge >= 0.3 is 0 Å². The lowest BCUT2D eigenvalue weighted by Gasteiger charge is -2.06. The second-order valence-electron chi connectivity index (χ2n) is 2.77. The zero-order valence-electron chi connectivity index (χ0n) is 7.50. The number of nitrogens with zero attached hydrogens (tertiary/aromatic N) is 1. The number of aromatic nitrogens is 1. The minimum atomic E-state index is 0.523. The Kier molecular flexibility index (Phi) is 3.05. The molecule has 0 radical (unpaired) electrons. The number of pyridine rings is 1. The summed E-state index contributed by atoms with van der Waals surface area (Å²) in [6.45, 7) is 5.03. The average Bonchev–Trinajstić information content (AvgIpc) is 2.03. The maximum Gasteiger partial charge on any atom is 0.216 e. The Balaban J connectivity index is 2.72. The minimum absolute atomic E-state index is 0.523. The van der Waals surface area contributed by atoms with E-state index >= 15 is 0 Å². The van der Waals surface area contributed by atoms with E-state index in [1.807, 2.05) is 19.9 Å². The Labute approximate surface area is 72.6 Å². The summed E-state index contributed by atoms with van der Waals surface area (Å²) < 4.78 is 5.30. The third-order valence-electron chi connectivity index (χ3n) is 1.52. The second-order valence-corrected chi connectivity index (χ2v) is 2.77. The molecule has 66 valence electrons. The van der Waals surface area contributed by atoms with Crippen LogP contribution in [-0.4, -0.2) is 18.1 Å². The van der Waals surface area contributed by atoms with Crippen molar-refractivity contribution in [2.24, 2.45) is 5.73 Å². The SMILES string of the molecule is Cc1cnc(OCCN)c(C)c1. The molecule has 1 heterocycles. The van der Waals surface area contributed by atoms with Gasteiger partial charge in [-0.05, 0) is 25.5 Å². The molecule has 1 aromatic rings. The summed E-state index contributed by atoms with van der Waals surface area (Å²) in [6, 6.07) is 2.04. The molecule has 0 unspecified atom stereocenters. The van der Waals surface area contributed by atoms with E-state index in [0.717, 1.165) is 11.1 Å². The largest absolute Gasteiger partial charge is 0.476 e. The van der Waals surface area contributed by atoms with Crippen molar-refractivity contribution in [2.45, 2.75) is 13.8 Å². The molecule has 0 spiro atoms. The Hall–Kier alpha value is -1.09. The van der Waals surface area contributed by atoms with Crippen LogP contribution in [0.2, 0.25) is 0 Å². The fourth-order valence-corrected chi connectivity index (χ4v) is 1.01. The third kappa shape index (κ3) is 2.20. The molecule has 0 saturated carbocycles. The summed E-state index contributed by atoms with van der Waals surface area (Å²) in [5.41, 5.74) is 7.51. The first-order chi connectivity index (χ1) is 5.74. The van der Waals surface area contributed by atoms with Crippen molar-refractivity contribution in [2.75, 3.05) is 13.2 Å². The summed E-state index contributed by atoms with van der Waals surface area (Å²) in [5, 5.41) is 0. The zero-order valence-corrected chi connectivity index (χ0v) is 7.50. The highest BCUT2D eigenvalue weighted by Gasteiger charge is 1.99. The van der Waals surface area contributed by atoms with Gasteiger partial charge in [0.2, 0.25) is 5.88 Å². The van der Waals surface area contributed by atoms with Crippen LogP contribution < -0.4 is 10.5 Å². The zero-order chi connectivity index (χ0) is 8.97. The van der Waals surface area contributed by atoms with Gasteiger partial charge < -0.3 is 10.5 Å². The number of rotatable bonds is 3. The fraction of sp³-hybridized carbons (Fsp3) is 0.444. The number of ether oxygens (including phenoxy) is 1. The molecule has 12 heavy (non-hydrogen) atoms. The van der Waals surface area contributed by atoms with Crippen LogP contribution in [0.4, 0.5) is 0 Å². The van der Waals surface area contributed by atoms with Crippen molar-refractivity contribution >= 4 is 0 Å². The highest BCUT2D eigenvalue weighted by atomic mass is 16.5. The second kappa shape index (κ2) is 4.07. The van der Waals surface area contributed by atoms with Crippen molar-refractivity contribution in [3.63, 3.8) is 0 Å². The summed E-state index contributed by atoms with van der Waals surface area (Å²) in [7, 11) is 0. The lowest BCUT2D eigenvalue weighted by molar-refractivity contribution is 0.313. The average molecular weight is 166 g/mol. The van der Waals surface area contributed by atoms with Crippen LogP contribution in [-0.2, 0) is 0 Å². The van der Waals surface area contributed by atoms with E-state index in [-0.39, 0.29) is 0 Å². The van der Waals surface area contributed by atoms with Crippen LogP contribution in [0, 0.1) is 13.8 Å². The van der Waals surface area contributed by atoms with E-state index in [4.69, 9.17) is 10.5 Å². The first kappa shape index (κ1) is 9.00. The van der Waals surface area contributed by atoms with Crippen molar-refractivity contribution in [1.29, 1.82) is 0 Å². The van der Waals surface area contributed by atoms with Gasteiger partial charge in [-0.1, -0.05) is 0 Å². The van der Waals surface area contributed by atoms with Crippen molar-refractivity contribution < 1.29 is 4.74 Å². The smallest absolute Gasteiger partial charge is 0.216 e. The molecule has 1 aromatic heterocycles. The highest BCUT2D eigenvalue weighted by molar-refractivity contribution is 5.27. The van der Waals surface area contributed by atoms with Gasteiger partial charge in [-0.2, -0.15) is 0 Å². The molecule has 0 fully saturated rings. The van der Waals surface area contributed by atoms with E-state index in [1.165, 1.54) is 0 Å². The maximum atomic E-state index is 5.30. The van der Waals surface area contributed by atoms with Gasteiger partial charge in [-0.15, -0.1) is 0 Å². The summed E-state index contributed by atoms with van der Waals surface area (Å²) in [4.78, 5) is 4.14. The minimum Gasteiger partial charge on any atom is -0.476 e. The number of hydrogen-bond acceptors (Lipinski definition) is 3. The number of hydrogen-bond donors (Lipinski definition) is 1. The van der Waals surface area contributed by atoms with Crippen LogP contribution in [0.1, 0.15) is 11.1 Å². The number of aryl methyl sites for hydroxylation is 2. The van der Waals surface area contributed by atoms with Gasteiger partial charge in [-0.3, -0.25) is 0 Å². The molecule has 0 aliphatic rings. The molecule has 3 nitrogen and oxygen atoms in total. The maximum absolute atomic E-state index is 5.30. The molecule has 0 bridgehead atoms. The molecule has 0 amide bonds. The first-order valence-electron chi connectivity index (χ1n) is 4.00. The third-order valence-corrected chi connectivity index (χ3v) is 1.52. The topological polar surface area (TPSA) is 48.1 Å². The standard InChI is InChI=1S/C9H14N2O/c1-7-5-8(2)9(11-6-7)12-4-3-10/h5-6H,3-4,10H2,1-2H3. The molecule has 3 heteroatoms. The molecular formula is C9H14N2O. The molecule has 0 aliphatic heterocycles. The van der Waals surface area contributed by atoms with Gasteiger partial charge in [0.25, 0.3) is 0 Å². The van der Waals surface area contributed by atoms with Gasteiger partial charge in [0, 0.05) is 18.3 Å². The molecule has 1 rings (SSSR count). The van der Waals surface area contributed by atoms with Crippen molar-refractivity contribution in [3.05, 3.63) is 23.4 Å². The summed E-state index contributed by atoms with van der Waals surface area (Å²) in [6.07, 6.45) is 1.79. The molecule has 0 aromatic carbocycles. The predicted molar refractivity (Wildman–Crippen MR) is 48.3 cm³/mol. The van der Waals surface area contributed by atoms with Crippen LogP contribution in [0.15, 0.2) is 12.3 Å². The molecule has 2 N–H and O–H groups in total. The van der Waals surface area contributed by atoms with Crippen LogP contribution in [0.5, 0.6) is 5.88 Å². The van der Waals surface area contributed by atoms with E-state index < -0.39 is 0 Å². The van der Waals surface area contributed by atoms with Crippen molar-refractivity contribution in [1.82, 2.24) is 4.98 Å². The quantitative estimate of drug-likeness (QED) is 0.729. The van der Waals surface area contributed by atoms with E-state index in [2.05, 4.69) is 4.98 Å². The Bertz CT molecular complexity index is 261. The van der Waals surface area contributed by atoms with E-state index in [1.54, 1.807) is 6.20 Å². The van der Waals surface area contributed by atoms with E-state index in [9.17, 15) is 0 Å². The van der Waals surface area contributed by atoms with E-state index in [0.29, 0.717) is 19.0 Å². The lowest BCUT2D eigenvalue weighted by atomic mass is 10.2. The fourth-order valence-electron chi connectivity index (χ4n) is 1.01. The predicted octanol–water partition coefficient (Wildman–Crippen LogP) is 1.04. The first-order valence-corrected chi connectivity index (χ1v) is 4.00.